The zero-order chi connectivity index (χ0) is 14.5. The first-order valence-electron chi connectivity index (χ1n) is 6.40. The summed E-state index contributed by atoms with van der Waals surface area (Å²) in [6.45, 7) is 2.49. The third-order valence-corrected chi connectivity index (χ3v) is 3.06. The van der Waals surface area contributed by atoms with Gasteiger partial charge < -0.3 is 11.5 Å². The molecule has 0 unspecified atom stereocenters. The van der Waals surface area contributed by atoms with E-state index in [-0.39, 0.29) is 12.3 Å². The summed E-state index contributed by atoms with van der Waals surface area (Å²) in [7, 11) is 0. The molecule has 0 aliphatic rings. The maximum absolute atomic E-state index is 10.8. The van der Waals surface area contributed by atoms with E-state index in [9.17, 15) is 4.79 Å². The highest BCUT2D eigenvalue weighted by Crippen LogP contribution is 2.23. The minimum absolute atomic E-state index is 0.262. The van der Waals surface area contributed by atoms with Crippen molar-refractivity contribution in [3.8, 4) is 11.8 Å². The number of nitrogens with zero attached hydrogens (tertiary/aromatic N) is 3. The van der Waals surface area contributed by atoms with Crippen LogP contribution in [0.5, 0.6) is 0 Å². The summed E-state index contributed by atoms with van der Waals surface area (Å²) in [6, 6.07) is 0. The second kappa shape index (κ2) is 6.06. The van der Waals surface area contributed by atoms with Gasteiger partial charge in [-0.15, -0.1) is 11.8 Å². The molecule has 0 saturated heterocycles. The van der Waals surface area contributed by atoms with Crippen molar-refractivity contribution in [2.45, 2.75) is 32.7 Å². The van der Waals surface area contributed by atoms with E-state index in [2.05, 4.69) is 21.9 Å². The number of hydrogen-bond acceptors (Lipinski definition) is 4. The van der Waals surface area contributed by atoms with Crippen molar-refractivity contribution in [1.29, 1.82) is 0 Å². The van der Waals surface area contributed by atoms with Gasteiger partial charge in [0.15, 0.2) is 5.65 Å². The molecule has 0 aromatic carbocycles. The second-order valence-electron chi connectivity index (χ2n) is 4.45. The number of aromatic nitrogens is 3. The Bertz CT molecular complexity index is 693. The van der Waals surface area contributed by atoms with E-state index in [1.165, 1.54) is 0 Å². The number of hydrogen-bond donors (Lipinski definition) is 2. The lowest BCUT2D eigenvalue weighted by molar-refractivity contribution is -0.117. The van der Waals surface area contributed by atoms with Crippen molar-refractivity contribution in [3.05, 3.63) is 18.0 Å². The molecule has 1 amide bonds. The van der Waals surface area contributed by atoms with E-state index in [1.807, 2.05) is 6.92 Å². The van der Waals surface area contributed by atoms with Crippen LogP contribution in [0.1, 0.15) is 25.3 Å². The first kappa shape index (κ1) is 13.9. The zero-order valence-electron chi connectivity index (χ0n) is 11.4. The Morgan fingerprint density at radius 3 is 2.95 bits per heavy atom. The van der Waals surface area contributed by atoms with Crippen LogP contribution in [0.2, 0.25) is 0 Å². The van der Waals surface area contributed by atoms with Crippen LogP contribution in [0, 0.1) is 11.8 Å². The normalized spacial score (nSPS) is 10.2. The quantitative estimate of drug-likeness (QED) is 0.787. The van der Waals surface area contributed by atoms with E-state index in [4.69, 9.17) is 11.5 Å². The van der Waals surface area contributed by atoms with Gasteiger partial charge in [-0.1, -0.05) is 0 Å². The number of primary amides is 1. The molecule has 2 aromatic rings. The zero-order valence-corrected chi connectivity index (χ0v) is 11.4. The average Bonchev–Trinajstić information content (AvgIpc) is 2.82. The minimum Gasteiger partial charge on any atom is -0.398 e. The Labute approximate surface area is 117 Å². The predicted molar refractivity (Wildman–Crippen MR) is 77.5 cm³/mol. The number of carbonyl (C=O) groups excluding carboxylic acids is 1. The third kappa shape index (κ3) is 2.88. The van der Waals surface area contributed by atoms with Crippen molar-refractivity contribution in [1.82, 2.24) is 14.8 Å². The Balaban J connectivity index is 2.27. The van der Waals surface area contributed by atoms with Crippen LogP contribution in [0.25, 0.3) is 11.0 Å². The van der Waals surface area contributed by atoms with E-state index in [1.54, 1.807) is 17.1 Å². The van der Waals surface area contributed by atoms with E-state index in [0.29, 0.717) is 18.7 Å². The van der Waals surface area contributed by atoms with Gasteiger partial charge in [-0.3, -0.25) is 4.79 Å². The Morgan fingerprint density at radius 2 is 2.25 bits per heavy atom. The molecule has 0 fully saturated rings. The highest BCUT2D eigenvalue weighted by molar-refractivity contribution is 5.89. The molecule has 0 saturated carbocycles. The lowest BCUT2D eigenvalue weighted by Crippen LogP contribution is -2.12. The second-order valence-corrected chi connectivity index (χ2v) is 4.45. The summed E-state index contributed by atoms with van der Waals surface area (Å²) in [5, 5.41) is 5.08. The molecular formula is C14H17N5O. The van der Waals surface area contributed by atoms with Gasteiger partial charge in [-0.25, -0.2) is 9.67 Å². The maximum atomic E-state index is 10.8. The molecule has 0 bridgehead atoms. The van der Waals surface area contributed by atoms with Crippen LogP contribution in [-0.4, -0.2) is 20.7 Å². The molecule has 4 N–H and O–H groups in total. The van der Waals surface area contributed by atoms with Crippen molar-refractivity contribution >= 4 is 22.6 Å². The van der Waals surface area contributed by atoms with E-state index in [0.717, 1.165) is 23.0 Å². The standard InChI is InChI=1S/C14H17N5O/c1-2-3-4-7-19-14-11(9-18-19)13(16)10(8-17-14)5-6-12(15)20/h8-9H,4-7H2,1H3,(H2,15,20)(H2,16,17). The molecule has 20 heavy (non-hydrogen) atoms. The average molecular weight is 271 g/mol. The van der Waals surface area contributed by atoms with Crippen LogP contribution < -0.4 is 11.5 Å². The number of amides is 1. The van der Waals surface area contributed by atoms with E-state index >= 15 is 0 Å². The molecule has 0 aliphatic heterocycles. The summed E-state index contributed by atoms with van der Waals surface area (Å²) in [5.41, 5.74) is 13.4. The van der Waals surface area contributed by atoms with Crippen LogP contribution in [0.15, 0.2) is 12.4 Å². The molecule has 0 atom stereocenters. The van der Waals surface area contributed by atoms with E-state index < -0.39 is 0 Å². The molecule has 6 heteroatoms. The van der Waals surface area contributed by atoms with Crippen LogP contribution in [0.4, 0.5) is 5.69 Å². The lowest BCUT2D eigenvalue weighted by Gasteiger charge is -2.06. The molecule has 0 spiro atoms. The van der Waals surface area contributed by atoms with Gasteiger partial charge in [0.1, 0.15) is 0 Å². The lowest BCUT2D eigenvalue weighted by atomic mass is 10.1. The molecule has 104 valence electrons. The number of pyridine rings is 1. The summed E-state index contributed by atoms with van der Waals surface area (Å²) < 4.78 is 1.79. The van der Waals surface area contributed by atoms with Crippen LogP contribution in [-0.2, 0) is 17.8 Å². The molecule has 0 aliphatic carbocycles. The Morgan fingerprint density at radius 1 is 1.45 bits per heavy atom. The van der Waals surface area contributed by atoms with Gasteiger partial charge in [-0.05, 0) is 18.9 Å². The fourth-order valence-electron chi connectivity index (χ4n) is 1.99. The number of carbonyl (C=O) groups is 1. The Kier molecular flexibility index (Phi) is 4.20. The van der Waals surface area contributed by atoms with Gasteiger partial charge in [-0.2, -0.15) is 5.10 Å². The van der Waals surface area contributed by atoms with Gasteiger partial charge in [0.25, 0.3) is 0 Å². The SMILES string of the molecule is CC#CCCn1ncc2c(N)c(CCC(N)=O)cnc21. The van der Waals surface area contributed by atoms with Crippen molar-refractivity contribution in [2.75, 3.05) is 5.73 Å². The molecule has 0 radical (unpaired) electrons. The number of nitrogens with two attached hydrogens (primary N) is 2. The molecular weight excluding hydrogens is 254 g/mol. The third-order valence-electron chi connectivity index (χ3n) is 3.06. The molecule has 2 aromatic heterocycles. The fourth-order valence-corrected chi connectivity index (χ4v) is 1.99. The van der Waals surface area contributed by atoms with Gasteiger partial charge in [0.2, 0.25) is 5.91 Å². The molecule has 2 heterocycles. The fraction of sp³-hybridized carbons (Fsp3) is 0.357. The molecule has 6 nitrogen and oxygen atoms in total. The minimum atomic E-state index is -0.349. The van der Waals surface area contributed by atoms with Crippen LogP contribution >= 0.6 is 0 Å². The first-order chi connectivity index (χ1) is 9.63. The Hall–Kier alpha value is -2.55. The summed E-state index contributed by atoms with van der Waals surface area (Å²) in [6.07, 6.45) is 4.86. The summed E-state index contributed by atoms with van der Waals surface area (Å²) in [4.78, 5) is 15.2. The smallest absolute Gasteiger partial charge is 0.217 e. The maximum Gasteiger partial charge on any atom is 0.217 e. The molecule has 2 rings (SSSR count). The van der Waals surface area contributed by atoms with Gasteiger partial charge in [0, 0.05) is 24.7 Å². The number of rotatable bonds is 5. The predicted octanol–water partition coefficient (Wildman–Crippen LogP) is 0.845. The van der Waals surface area contributed by atoms with Gasteiger partial charge >= 0.3 is 0 Å². The number of fused-ring (bicyclic) bond motifs is 1. The largest absolute Gasteiger partial charge is 0.398 e. The monoisotopic (exact) mass is 271 g/mol. The van der Waals surface area contributed by atoms with Crippen LogP contribution in [0.3, 0.4) is 0 Å². The topological polar surface area (TPSA) is 99.8 Å². The summed E-state index contributed by atoms with van der Waals surface area (Å²) >= 11 is 0. The highest BCUT2D eigenvalue weighted by Gasteiger charge is 2.11. The van der Waals surface area contributed by atoms with Crippen molar-refractivity contribution in [3.63, 3.8) is 0 Å². The highest BCUT2D eigenvalue weighted by atomic mass is 16.1. The number of aryl methyl sites for hydroxylation is 2. The number of nitrogen functional groups attached to an aromatic ring is 1. The number of anilines is 1. The van der Waals surface area contributed by atoms with Crippen molar-refractivity contribution < 1.29 is 4.79 Å². The van der Waals surface area contributed by atoms with Gasteiger partial charge in [0.05, 0.1) is 18.1 Å². The first-order valence-corrected chi connectivity index (χ1v) is 6.40. The van der Waals surface area contributed by atoms with Crippen molar-refractivity contribution in [2.24, 2.45) is 5.73 Å². The summed E-state index contributed by atoms with van der Waals surface area (Å²) in [5.74, 6) is 5.49.